The van der Waals surface area contributed by atoms with Crippen molar-refractivity contribution in [2.24, 2.45) is 10.9 Å². The van der Waals surface area contributed by atoms with Crippen LogP contribution in [0.2, 0.25) is 0 Å². The number of hydrogen-bond donors (Lipinski definition) is 1. The summed E-state index contributed by atoms with van der Waals surface area (Å²) in [5.41, 5.74) is 0. The van der Waals surface area contributed by atoms with Crippen LogP contribution in [0.3, 0.4) is 0 Å². The van der Waals surface area contributed by atoms with Gasteiger partial charge in [-0.3, -0.25) is 4.99 Å². The minimum Gasteiger partial charge on any atom is -0.362 e. The molecule has 1 saturated carbocycles. The highest BCUT2D eigenvalue weighted by atomic mass is 32.2. The molecule has 0 aromatic heterocycles. The van der Waals surface area contributed by atoms with Gasteiger partial charge in [-0.1, -0.05) is 24.6 Å². The third-order valence-electron chi connectivity index (χ3n) is 4.63. The number of nitrogens with one attached hydrogen (secondary N) is 1. The summed E-state index contributed by atoms with van der Waals surface area (Å²) in [5.74, 6) is 2.16. The first-order chi connectivity index (χ1) is 8.81. The second-order valence-electron chi connectivity index (χ2n) is 6.08. The standard InChI is InChI=1S/C14H25N3S/c1-17-8-6-12(7-9-17)15-14-16-13-5-3-2-4-11(13)10-18-14/h11-13H,2-10H2,1H3,(H,15,16). The van der Waals surface area contributed by atoms with Gasteiger partial charge in [0.15, 0.2) is 5.17 Å². The Morgan fingerprint density at radius 1 is 1.17 bits per heavy atom. The maximum Gasteiger partial charge on any atom is 0.157 e. The minimum absolute atomic E-state index is 0.633. The van der Waals surface area contributed by atoms with Crippen molar-refractivity contribution in [1.82, 2.24) is 10.2 Å². The van der Waals surface area contributed by atoms with Crippen molar-refractivity contribution in [2.75, 3.05) is 25.9 Å². The molecule has 0 radical (unpaired) electrons. The first kappa shape index (κ1) is 12.8. The van der Waals surface area contributed by atoms with Gasteiger partial charge in [-0.25, -0.2) is 0 Å². The van der Waals surface area contributed by atoms with E-state index in [0.29, 0.717) is 12.1 Å². The van der Waals surface area contributed by atoms with Crippen LogP contribution < -0.4 is 5.32 Å². The molecule has 0 aromatic carbocycles. The molecule has 4 heteroatoms. The zero-order chi connectivity index (χ0) is 12.4. The van der Waals surface area contributed by atoms with E-state index < -0.39 is 0 Å². The predicted octanol–water partition coefficient (Wildman–Crippen LogP) is 2.33. The van der Waals surface area contributed by atoms with E-state index in [1.54, 1.807) is 0 Å². The number of aliphatic imine (C=N–C) groups is 1. The SMILES string of the molecule is CN1CCC(NC2=NC3CCCCC3CS2)CC1. The summed E-state index contributed by atoms with van der Waals surface area (Å²) in [5, 5.41) is 4.94. The Labute approximate surface area is 115 Å². The van der Waals surface area contributed by atoms with Crippen LogP contribution in [0.1, 0.15) is 38.5 Å². The van der Waals surface area contributed by atoms with Crippen LogP contribution >= 0.6 is 11.8 Å². The van der Waals surface area contributed by atoms with Gasteiger partial charge < -0.3 is 10.2 Å². The zero-order valence-electron chi connectivity index (χ0n) is 11.4. The molecule has 3 rings (SSSR count). The van der Waals surface area contributed by atoms with Crippen LogP contribution in [0.4, 0.5) is 0 Å². The van der Waals surface area contributed by atoms with Gasteiger partial charge in [0.25, 0.3) is 0 Å². The van der Waals surface area contributed by atoms with Crippen molar-refractivity contribution in [2.45, 2.75) is 50.6 Å². The van der Waals surface area contributed by atoms with Crippen molar-refractivity contribution in [3.63, 3.8) is 0 Å². The van der Waals surface area contributed by atoms with Crippen LogP contribution in [0, 0.1) is 5.92 Å². The van der Waals surface area contributed by atoms with Gasteiger partial charge in [0.1, 0.15) is 0 Å². The second kappa shape index (κ2) is 5.83. The Kier molecular flexibility index (Phi) is 4.14. The number of fused-ring (bicyclic) bond motifs is 1. The Morgan fingerprint density at radius 2 is 1.94 bits per heavy atom. The van der Waals surface area contributed by atoms with E-state index in [-0.39, 0.29) is 0 Å². The number of amidine groups is 1. The molecule has 2 aliphatic heterocycles. The Morgan fingerprint density at radius 3 is 2.78 bits per heavy atom. The molecular weight excluding hydrogens is 242 g/mol. The molecule has 3 aliphatic rings. The smallest absolute Gasteiger partial charge is 0.157 e. The van der Waals surface area contributed by atoms with Gasteiger partial charge in [0, 0.05) is 11.8 Å². The lowest BCUT2D eigenvalue weighted by molar-refractivity contribution is 0.247. The molecule has 18 heavy (non-hydrogen) atoms. The van der Waals surface area contributed by atoms with Gasteiger partial charge in [0.2, 0.25) is 0 Å². The maximum absolute atomic E-state index is 4.97. The number of likely N-dealkylation sites (tertiary alicyclic amines) is 1. The lowest BCUT2D eigenvalue weighted by atomic mass is 9.86. The average molecular weight is 267 g/mol. The van der Waals surface area contributed by atoms with Crippen molar-refractivity contribution in [1.29, 1.82) is 0 Å². The van der Waals surface area contributed by atoms with E-state index in [0.717, 1.165) is 5.92 Å². The molecule has 0 amide bonds. The summed E-state index contributed by atoms with van der Waals surface area (Å²) in [4.78, 5) is 7.39. The minimum atomic E-state index is 0.633. The fourth-order valence-corrected chi connectivity index (χ4v) is 4.55. The van der Waals surface area contributed by atoms with Crippen LogP contribution in [0.5, 0.6) is 0 Å². The molecule has 0 spiro atoms. The zero-order valence-corrected chi connectivity index (χ0v) is 12.2. The quantitative estimate of drug-likeness (QED) is 0.790. The average Bonchev–Trinajstić information content (AvgIpc) is 2.41. The van der Waals surface area contributed by atoms with Crippen LogP contribution in [0.25, 0.3) is 0 Å². The van der Waals surface area contributed by atoms with Crippen LogP contribution in [-0.4, -0.2) is 48.0 Å². The summed E-state index contributed by atoms with van der Waals surface area (Å²) in [6.45, 7) is 2.45. The lowest BCUT2D eigenvalue weighted by Crippen LogP contribution is -2.44. The lowest BCUT2D eigenvalue weighted by Gasteiger charge is -2.35. The highest BCUT2D eigenvalue weighted by Crippen LogP contribution is 2.33. The van der Waals surface area contributed by atoms with Crippen molar-refractivity contribution < 1.29 is 0 Å². The molecule has 1 N–H and O–H groups in total. The first-order valence-corrected chi connectivity index (χ1v) is 8.45. The Bertz CT molecular complexity index is 310. The predicted molar refractivity (Wildman–Crippen MR) is 79.3 cm³/mol. The third-order valence-corrected chi connectivity index (χ3v) is 5.72. The van der Waals surface area contributed by atoms with Gasteiger partial charge in [-0.2, -0.15) is 0 Å². The summed E-state index contributed by atoms with van der Waals surface area (Å²) in [6, 6.07) is 1.29. The van der Waals surface area contributed by atoms with E-state index in [4.69, 9.17) is 4.99 Å². The maximum atomic E-state index is 4.97. The molecule has 1 saturated heterocycles. The van der Waals surface area contributed by atoms with E-state index in [9.17, 15) is 0 Å². The summed E-state index contributed by atoms with van der Waals surface area (Å²) < 4.78 is 0. The van der Waals surface area contributed by atoms with Crippen LogP contribution in [-0.2, 0) is 0 Å². The summed E-state index contributed by atoms with van der Waals surface area (Å²) in [6.07, 6.45) is 8.08. The fraction of sp³-hybridized carbons (Fsp3) is 0.929. The fourth-order valence-electron chi connectivity index (χ4n) is 3.33. The third kappa shape index (κ3) is 3.02. The molecule has 3 nitrogen and oxygen atoms in total. The topological polar surface area (TPSA) is 27.6 Å². The molecule has 2 unspecified atom stereocenters. The number of thioether (sulfide) groups is 1. The highest BCUT2D eigenvalue weighted by molar-refractivity contribution is 8.13. The number of nitrogens with zero attached hydrogens (tertiary/aromatic N) is 2. The van der Waals surface area contributed by atoms with Crippen molar-refractivity contribution in [3.8, 4) is 0 Å². The largest absolute Gasteiger partial charge is 0.362 e. The first-order valence-electron chi connectivity index (χ1n) is 7.47. The molecular formula is C14H25N3S. The van der Waals surface area contributed by atoms with E-state index in [1.807, 2.05) is 11.8 Å². The van der Waals surface area contributed by atoms with Crippen molar-refractivity contribution in [3.05, 3.63) is 0 Å². The Balaban J connectivity index is 1.55. The molecule has 102 valence electrons. The van der Waals surface area contributed by atoms with E-state index in [1.165, 1.54) is 62.5 Å². The van der Waals surface area contributed by atoms with Gasteiger partial charge in [-0.15, -0.1) is 0 Å². The summed E-state index contributed by atoms with van der Waals surface area (Å²) >= 11 is 1.97. The van der Waals surface area contributed by atoms with E-state index >= 15 is 0 Å². The molecule has 1 aliphatic carbocycles. The molecule has 2 heterocycles. The van der Waals surface area contributed by atoms with Gasteiger partial charge >= 0.3 is 0 Å². The number of piperidine rings is 1. The Hall–Kier alpha value is -0.220. The number of rotatable bonds is 1. The molecule has 2 atom stereocenters. The molecule has 2 fully saturated rings. The number of hydrogen-bond acceptors (Lipinski definition) is 4. The monoisotopic (exact) mass is 267 g/mol. The van der Waals surface area contributed by atoms with Crippen LogP contribution in [0.15, 0.2) is 4.99 Å². The second-order valence-corrected chi connectivity index (χ2v) is 7.09. The van der Waals surface area contributed by atoms with Gasteiger partial charge in [-0.05, 0) is 51.7 Å². The van der Waals surface area contributed by atoms with Gasteiger partial charge in [0.05, 0.1) is 6.04 Å². The molecule has 0 aromatic rings. The highest BCUT2D eigenvalue weighted by Gasteiger charge is 2.30. The van der Waals surface area contributed by atoms with Crippen molar-refractivity contribution >= 4 is 16.9 Å². The molecule has 0 bridgehead atoms. The summed E-state index contributed by atoms with van der Waals surface area (Å²) in [7, 11) is 2.22. The van der Waals surface area contributed by atoms with E-state index in [2.05, 4.69) is 17.3 Å². The normalized spacial score (nSPS) is 34.8.